The molecule has 2 aliphatic rings. The third kappa shape index (κ3) is 10.2. The summed E-state index contributed by atoms with van der Waals surface area (Å²) < 4.78 is 37.5. The SMILES string of the molecule is COc1ccc(N(C(=O)n2nnn(-c3ccccc3C#N)c2=O)C2CCCCC2)cc1C(=O)O.COc1ccc(N(C(=O)n2nnn(-c3ccccc3S(C)(=O)=O)c2=O)C2CCCCC2)cc1C(=O)O. The van der Waals surface area contributed by atoms with Crippen molar-refractivity contribution >= 4 is 45.2 Å². The Kier molecular flexibility index (Phi) is 15.0. The molecule has 2 N–H and O–H groups in total. The largest absolute Gasteiger partial charge is 0.496 e. The van der Waals surface area contributed by atoms with Gasteiger partial charge in [-0.1, -0.05) is 62.8 Å². The second-order valence-corrected chi connectivity index (χ2v) is 18.3. The van der Waals surface area contributed by atoms with Crippen LogP contribution in [0.25, 0.3) is 11.4 Å². The smallest absolute Gasteiger partial charge is 0.377 e. The van der Waals surface area contributed by atoms with Crippen LogP contribution in [0, 0.1) is 11.3 Å². The Balaban J connectivity index is 0.000000207. The van der Waals surface area contributed by atoms with E-state index in [4.69, 9.17) is 9.47 Å². The number of sulfone groups is 1. The maximum absolute atomic E-state index is 13.7. The molecule has 8 rings (SSSR count). The van der Waals surface area contributed by atoms with Crippen LogP contribution >= 0.6 is 0 Å². The summed E-state index contributed by atoms with van der Waals surface area (Å²) in [6.07, 6.45) is 9.24. The fraction of sp³-hybridized carbons (Fsp3) is 0.326. The van der Waals surface area contributed by atoms with Gasteiger partial charge >= 0.3 is 35.4 Å². The summed E-state index contributed by atoms with van der Waals surface area (Å²) in [5, 5.41) is 43.7. The third-order valence-corrected chi connectivity index (χ3v) is 13.1. The number of para-hydroxylation sites is 2. The summed E-state index contributed by atoms with van der Waals surface area (Å²) in [7, 11) is -0.996. The van der Waals surface area contributed by atoms with E-state index in [2.05, 4.69) is 20.9 Å². The van der Waals surface area contributed by atoms with Crippen LogP contribution in [0.1, 0.15) is 90.5 Å². The Morgan fingerprint density at radius 2 is 1.04 bits per heavy atom. The number of hydrogen-bond acceptors (Lipinski definition) is 15. The molecule has 0 aliphatic heterocycles. The Hall–Kier alpha value is -8.46. The number of benzene rings is 4. The number of ether oxygens (including phenoxy) is 2. The average molecular weight is 978 g/mol. The van der Waals surface area contributed by atoms with Gasteiger partial charge in [0.1, 0.15) is 28.7 Å². The van der Waals surface area contributed by atoms with Gasteiger partial charge in [0.25, 0.3) is 0 Å². The van der Waals surface area contributed by atoms with Gasteiger partial charge in [0.15, 0.2) is 9.84 Å². The van der Waals surface area contributed by atoms with Gasteiger partial charge in [0, 0.05) is 29.7 Å². The lowest BCUT2D eigenvalue weighted by Gasteiger charge is -2.33. The standard InChI is InChI=1S/C23H22N6O5.C23H25N5O7S/c1-34-20-12-11-17(13-18(20)21(30)31)27(16-8-3-2-4-9-16)22(32)29-23(33)28(25-26-29)19-10-6-5-7-15(19)14-24;1-35-19-13-12-16(14-17(19)21(29)30)26(15-8-4-3-5-9-15)22(31)28-23(32)27(24-25-28)18-10-6-7-11-20(18)36(2,33)34/h5-7,10-13,16H,2-4,8-9H2,1H3,(H,30,31);6-7,10-15H,3-5,8-9H2,1-2H3,(H,29,30). The summed E-state index contributed by atoms with van der Waals surface area (Å²) in [6, 6.07) is 20.7. The first-order valence-electron chi connectivity index (χ1n) is 22.0. The van der Waals surface area contributed by atoms with E-state index in [0.717, 1.165) is 54.1 Å². The maximum atomic E-state index is 13.7. The molecule has 2 aliphatic carbocycles. The van der Waals surface area contributed by atoms with Crippen LogP contribution in [0.3, 0.4) is 0 Å². The zero-order chi connectivity index (χ0) is 50.3. The van der Waals surface area contributed by atoms with Crippen LogP contribution in [0.5, 0.6) is 11.5 Å². The lowest BCUT2D eigenvalue weighted by Crippen LogP contribution is -2.47. The van der Waals surface area contributed by atoms with Crippen molar-refractivity contribution in [3.8, 4) is 28.9 Å². The van der Waals surface area contributed by atoms with Crippen molar-refractivity contribution in [1.29, 1.82) is 5.26 Å². The van der Waals surface area contributed by atoms with E-state index in [0.29, 0.717) is 40.7 Å². The van der Waals surface area contributed by atoms with Crippen molar-refractivity contribution in [3.05, 3.63) is 123 Å². The number of carboxylic acid groups (broad SMARTS) is 2. The number of amides is 2. The molecular weight excluding hydrogens is 931 g/mol. The molecule has 0 radical (unpaired) electrons. The molecule has 23 nitrogen and oxygen atoms in total. The van der Waals surface area contributed by atoms with E-state index in [1.807, 2.05) is 6.07 Å². The monoisotopic (exact) mass is 977 g/mol. The van der Waals surface area contributed by atoms with E-state index in [1.54, 1.807) is 24.3 Å². The Labute approximate surface area is 399 Å². The lowest BCUT2D eigenvalue weighted by atomic mass is 9.94. The number of nitriles is 1. The predicted molar refractivity (Wildman–Crippen MR) is 249 cm³/mol. The number of hydrogen-bond donors (Lipinski definition) is 2. The Morgan fingerprint density at radius 3 is 1.46 bits per heavy atom. The molecule has 0 unspecified atom stereocenters. The van der Waals surface area contributed by atoms with E-state index in [-0.39, 0.29) is 62.2 Å². The van der Waals surface area contributed by atoms with E-state index in [1.165, 1.54) is 84.7 Å². The summed E-state index contributed by atoms with van der Waals surface area (Å²) in [6.45, 7) is 0. The van der Waals surface area contributed by atoms with Crippen LogP contribution < -0.4 is 30.7 Å². The molecule has 2 amide bonds. The molecule has 6 aromatic rings. The highest BCUT2D eigenvalue weighted by Gasteiger charge is 2.34. The summed E-state index contributed by atoms with van der Waals surface area (Å²) in [5.41, 5.74) is -1.08. The fourth-order valence-corrected chi connectivity index (χ4v) is 9.46. The molecule has 4 aromatic carbocycles. The second-order valence-electron chi connectivity index (χ2n) is 16.3. The van der Waals surface area contributed by atoms with Gasteiger partial charge in [-0.3, -0.25) is 9.80 Å². The van der Waals surface area contributed by atoms with Crippen LogP contribution in [-0.2, 0) is 9.84 Å². The minimum atomic E-state index is -3.70. The van der Waals surface area contributed by atoms with Crippen molar-refractivity contribution in [1.82, 2.24) is 39.6 Å². The summed E-state index contributed by atoms with van der Waals surface area (Å²) >= 11 is 0. The molecule has 2 aromatic heterocycles. The van der Waals surface area contributed by atoms with Gasteiger partial charge < -0.3 is 19.7 Å². The zero-order valence-electron chi connectivity index (χ0n) is 38.1. The number of rotatable bonds is 11. The van der Waals surface area contributed by atoms with Gasteiger partial charge in [-0.25, -0.2) is 37.2 Å². The number of aromatic nitrogens is 8. The first-order chi connectivity index (χ1) is 33.6. The van der Waals surface area contributed by atoms with E-state index < -0.39 is 45.2 Å². The highest BCUT2D eigenvalue weighted by atomic mass is 32.2. The summed E-state index contributed by atoms with van der Waals surface area (Å²) in [4.78, 5) is 79.8. The molecule has 70 heavy (non-hydrogen) atoms. The molecule has 0 atom stereocenters. The van der Waals surface area contributed by atoms with Crippen molar-refractivity contribution in [2.24, 2.45) is 0 Å². The highest BCUT2D eigenvalue weighted by molar-refractivity contribution is 7.90. The number of nitrogens with zero attached hydrogens (tertiary/aromatic N) is 11. The van der Waals surface area contributed by atoms with Crippen molar-refractivity contribution in [3.63, 3.8) is 0 Å². The van der Waals surface area contributed by atoms with Crippen molar-refractivity contribution < 1.29 is 47.3 Å². The number of methoxy groups -OCH3 is 2. The third-order valence-electron chi connectivity index (χ3n) is 11.9. The van der Waals surface area contributed by atoms with Crippen LogP contribution in [0.15, 0.2) is 99.4 Å². The van der Waals surface area contributed by atoms with E-state index in [9.17, 15) is 52.7 Å². The molecular formula is C46H47N11O12S. The second kappa shape index (κ2) is 21.2. The van der Waals surface area contributed by atoms with Crippen molar-refractivity contribution in [2.75, 3.05) is 30.3 Å². The van der Waals surface area contributed by atoms with Gasteiger partial charge in [-0.05, 0) is 107 Å². The quantitative estimate of drug-likeness (QED) is 0.158. The molecule has 2 saturated carbocycles. The highest BCUT2D eigenvalue weighted by Crippen LogP contribution is 2.33. The normalized spacial score (nSPS) is 14.1. The molecule has 24 heteroatoms. The number of aromatic carboxylic acids is 2. The number of tetrazole rings is 2. The number of carboxylic acids is 2. The van der Waals surface area contributed by atoms with E-state index >= 15 is 0 Å². The zero-order valence-corrected chi connectivity index (χ0v) is 38.9. The molecule has 0 saturated heterocycles. The molecule has 364 valence electrons. The fourth-order valence-electron chi connectivity index (χ4n) is 8.60. The molecule has 0 spiro atoms. The predicted octanol–water partition coefficient (Wildman–Crippen LogP) is 5.16. The minimum absolute atomic E-state index is 0.0362. The summed E-state index contributed by atoms with van der Waals surface area (Å²) in [5.74, 6) is -2.15. The van der Waals surface area contributed by atoms with Crippen LogP contribution in [0.2, 0.25) is 0 Å². The van der Waals surface area contributed by atoms with Gasteiger partial charge in [0.05, 0.1) is 36.1 Å². The maximum Gasteiger partial charge on any atom is 0.377 e. The van der Waals surface area contributed by atoms with Gasteiger partial charge in [0.2, 0.25) is 0 Å². The van der Waals surface area contributed by atoms with Gasteiger partial charge in [-0.2, -0.15) is 14.6 Å². The minimum Gasteiger partial charge on any atom is -0.496 e. The van der Waals surface area contributed by atoms with Crippen LogP contribution in [-0.4, -0.2) is 115 Å². The number of carbonyl (C=O) groups excluding carboxylic acids is 2. The van der Waals surface area contributed by atoms with Crippen LogP contribution in [0.4, 0.5) is 21.0 Å². The first kappa shape index (κ1) is 49.4. The molecule has 0 bridgehead atoms. The average Bonchev–Trinajstić information content (AvgIpc) is 3.95. The Bertz CT molecular complexity index is 3230. The lowest BCUT2D eigenvalue weighted by molar-refractivity contribution is 0.0682. The number of anilines is 2. The number of carbonyl (C=O) groups is 4. The van der Waals surface area contributed by atoms with Crippen molar-refractivity contribution in [2.45, 2.75) is 81.2 Å². The van der Waals surface area contributed by atoms with Gasteiger partial charge in [-0.15, -0.1) is 9.36 Å². The topological polar surface area (TPSA) is 297 Å². The Morgan fingerprint density at radius 1 is 0.629 bits per heavy atom. The molecule has 2 fully saturated rings. The molecule has 2 heterocycles. The first-order valence-corrected chi connectivity index (χ1v) is 23.9.